The Morgan fingerprint density at radius 2 is 2.19 bits per heavy atom. The predicted octanol–water partition coefficient (Wildman–Crippen LogP) is 1.75. The van der Waals surface area contributed by atoms with Gasteiger partial charge >= 0.3 is 6.18 Å². The molecule has 1 aliphatic carbocycles. The lowest BCUT2D eigenvalue weighted by molar-refractivity contribution is -0.198. The molecule has 1 unspecified atom stereocenters. The van der Waals surface area contributed by atoms with Crippen molar-refractivity contribution in [1.29, 1.82) is 0 Å². The zero-order valence-electron chi connectivity index (χ0n) is 8.16. The number of nitrogens with one attached hydrogen (secondary N) is 1. The van der Waals surface area contributed by atoms with Gasteiger partial charge in [0.2, 0.25) is 5.13 Å². The number of nitrogens with zero attached hydrogens (tertiary/aromatic N) is 2. The number of anilines is 1. The van der Waals surface area contributed by atoms with Gasteiger partial charge in [0.15, 0.2) is 6.10 Å². The molecule has 8 heteroatoms. The van der Waals surface area contributed by atoms with E-state index in [1.165, 1.54) is 0 Å². The fourth-order valence-electron chi connectivity index (χ4n) is 1.11. The number of aromatic nitrogens is 2. The zero-order chi connectivity index (χ0) is 11.8. The van der Waals surface area contributed by atoms with E-state index in [4.69, 9.17) is 5.11 Å². The highest BCUT2D eigenvalue weighted by atomic mass is 32.1. The second-order valence-corrected chi connectivity index (χ2v) is 4.42. The summed E-state index contributed by atoms with van der Waals surface area (Å²) in [4.78, 5) is 4.04. The molecule has 2 N–H and O–H groups in total. The van der Waals surface area contributed by atoms with Crippen molar-refractivity contribution < 1.29 is 18.3 Å². The first-order valence-corrected chi connectivity index (χ1v) is 5.56. The van der Waals surface area contributed by atoms with Crippen molar-refractivity contribution in [3.63, 3.8) is 0 Å². The molecule has 0 aliphatic heterocycles. The summed E-state index contributed by atoms with van der Waals surface area (Å²) in [6, 6.07) is 0. The Morgan fingerprint density at radius 3 is 2.75 bits per heavy atom. The van der Waals surface area contributed by atoms with Gasteiger partial charge in [-0.25, -0.2) is 4.98 Å². The van der Waals surface area contributed by atoms with E-state index < -0.39 is 18.8 Å². The van der Waals surface area contributed by atoms with E-state index in [9.17, 15) is 13.2 Å². The molecule has 1 aromatic rings. The normalized spacial score (nSPS) is 18.5. The maximum absolute atomic E-state index is 12.0. The van der Waals surface area contributed by atoms with Crippen LogP contribution in [0.15, 0.2) is 0 Å². The summed E-state index contributed by atoms with van der Waals surface area (Å²) in [6.07, 6.45) is -4.89. The summed E-state index contributed by atoms with van der Waals surface area (Å²) in [5.41, 5.74) is 0. The van der Waals surface area contributed by atoms with Gasteiger partial charge in [-0.15, -0.1) is 0 Å². The van der Waals surface area contributed by atoms with E-state index in [0.717, 1.165) is 24.4 Å². The van der Waals surface area contributed by atoms with Crippen LogP contribution in [0.5, 0.6) is 0 Å². The van der Waals surface area contributed by atoms with Crippen molar-refractivity contribution in [3.8, 4) is 0 Å². The molecule has 0 radical (unpaired) electrons. The highest BCUT2D eigenvalue weighted by Crippen LogP contribution is 2.39. The minimum Gasteiger partial charge on any atom is -0.382 e. The molecule has 0 saturated heterocycles. The van der Waals surface area contributed by atoms with Crippen LogP contribution in [-0.2, 0) is 0 Å². The molecular weight excluding hydrogens is 243 g/mol. The quantitative estimate of drug-likeness (QED) is 0.858. The van der Waals surface area contributed by atoms with Crippen LogP contribution in [0, 0.1) is 0 Å². The molecule has 1 saturated carbocycles. The molecular formula is C8H10F3N3OS. The van der Waals surface area contributed by atoms with Gasteiger partial charge < -0.3 is 10.4 Å². The lowest BCUT2D eigenvalue weighted by Gasteiger charge is -2.13. The van der Waals surface area contributed by atoms with Crippen molar-refractivity contribution in [2.24, 2.45) is 0 Å². The minimum absolute atomic E-state index is 0.324. The molecule has 0 amide bonds. The summed E-state index contributed by atoms with van der Waals surface area (Å²) >= 11 is 1.02. The van der Waals surface area contributed by atoms with Gasteiger partial charge in [0, 0.05) is 17.5 Å². The van der Waals surface area contributed by atoms with Crippen molar-refractivity contribution >= 4 is 16.7 Å². The van der Waals surface area contributed by atoms with E-state index in [2.05, 4.69) is 14.7 Å². The Hall–Kier alpha value is -0.890. The van der Waals surface area contributed by atoms with Gasteiger partial charge in [-0.1, -0.05) is 0 Å². The monoisotopic (exact) mass is 253 g/mol. The summed E-state index contributed by atoms with van der Waals surface area (Å²) < 4.78 is 39.9. The van der Waals surface area contributed by atoms with Crippen molar-refractivity contribution in [2.75, 3.05) is 11.9 Å². The smallest absolute Gasteiger partial charge is 0.382 e. The molecule has 1 fully saturated rings. The standard InChI is InChI=1S/C8H10F3N3OS/c9-8(10,11)5(15)3-12-7-13-6(14-16-7)4-1-2-4/h4-5,15H,1-3H2,(H,12,13,14). The van der Waals surface area contributed by atoms with Crippen LogP contribution in [-0.4, -0.2) is 33.3 Å². The first kappa shape index (κ1) is 11.6. The Bertz CT molecular complexity index is 364. The average Bonchev–Trinajstić information content (AvgIpc) is 2.94. The summed E-state index contributed by atoms with van der Waals surface area (Å²) in [5, 5.41) is 11.5. The fraction of sp³-hybridized carbons (Fsp3) is 0.750. The maximum Gasteiger partial charge on any atom is 0.416 e. The summed E-state index contributed by atoms with van der Waals surface area (Å²) in [5.74, 6) is 1.06. The maximum atomic E-state index is 12.0. The van der Waals surface area contributed by atoms with Crippen LogP contribution in [0.25, 0.3) is 0 Å². The molecule has 16 heavy (non-hydrogen) atoms. The van der Waals surface area contributed by atoms with E-state index in [-0.39, 0.29) is 0 Å². The predicted molar refractivity (Wildman–Crippen MR) is 52.4 cm³/mol. The largest absolute Gasteiger partial charge is 0.416 e. The molecule has 1 atom stereocenters. The molecule has 2 rings (SSSR count). The third kappa shape index (κ3) is 2.82. The van der Waals surface area contributed by atoms with Crippen LogP contribution in [0.1, 0.15) is 24.6 Å². The zero-order valence-corrected chi connectivity index (χ0v) is 8.98. The Labute approximate surface area is 93.7 Å². The number of rotatable bonds is 4. The van der Waals surface area contributed by atoms with Crippen LogP contribution in [0.3, 0.4) is 0 Å². The van der Waals surface area contributed by atoms with Crippen molar-refractivity contribution in [3.05, 3.63) is 5.82 Å². The van der Waals surface area contributed by atoms with Gasteiger partial charge in [0.1, 0.15) is 5.82 Å². The van der Waals surface area contributed by atoms with E-state index in [1.807, 2.05) is 0 Å². The second-order valence-electron chi connectivity index (χ2n) is 3.67. The molecule has 1 heterocycles. The van der Waals surface area contributed by atoms with Crippen LogP contribution in [0.2, 0.25) is 0 Å². The lowest BCUT2D eigenvalue weighted by Crippen LogP contribution is -2.34. The topological polar surface area (TPSA) is 58.0 Å². The minimum atomic E-state index is -4.60. The average molecular weight is 253 g/mol. The number of aliphatic hydroxyl groups is 1. The molecule has 0 spiro atoms. The molecule has 0 bridgehead atoms. The summed E-state index contributed by atoms with van der Waals surface area (Å²) in [7, 11) is 0. The lowest BCUT2D eigenvalue weighted by atomic mass is 10.3. The fourth-order valence-corrected chi connectivity index (χ4v) is 1.77. The summed E-state index contributed by atoms with van der Waals surface area (Å²) in [6.45, 7) is -0.594. The molecule has 1 aliphatic rings. The van der Waals surface area contributed by atoms with Crippen LogP contribution >= 0.6 is 11.5 Å². The number of aliphatic hydroxyl groups excluding tert-OH is 1. The molecule has 4 nitrogen and oxygen atoms in total. The van der Waals surface area contributed by atoms with E-state index in [1.54, 1.807) is 0 Å². The van der Waals surface area contributed by atoms with E-state index in [0.29, 0.717) is 16.9 Å². The first-order valence-electron chi connectivity index (χ1n) is 4.79. The Balaban J connectivity index is 1.84. The van der Waals surface area contributed by atoms with Gasteiger partial charge in [-0.2, -0.15) is 17.5 Å². The third-order valence-electron chi connectivity index (χ3n) is 2.21. The molecule has 1 aromatic heterocycles. The highest BCUT2D eigenvalue weighted by molar-refractivity contribution is 7.09. The SMILES string of the molecule is OC(CNc1nc(C2CC2)ns1)C(F)(F)F. The second kappa shape index (κ2) is 4.17. The number of halogens is 3. The first-order chi connectivity index (χ1) is 7.47. The molecule has 0 aromatic carbocycles. The number of hydrogen-bond acceptors (Lipinski definition) is 5. The van der Waals surface area contributed by atoms with Gasteiger partial charge in [0.25, 0.3) is 0 Å². The van der Waals surface area contributed by atoms with Crippen LogP contribution < -0.4 is 5.32 Å². The van der Waals surface area contributed by atoms with Crippen molar-refractivity contribution in [1.82, 2.24) is 9.36 Å². The van der Waals surface area contributed by atoms with Gasteiger partial charge in [-0.3, -0.25) is 0 Å². The van der Waals surface area contributed by atoms with E-state index >= 15 is 0 Å². The number of hydrogen-bond donors (Lipinski definition) is 2. The van der Waals surface area contributed by atoms with Crippen molar-refractivity contribution in [2.45, 2.75) is 31.0 Å². The number of alkyl halides is 3. The Morgan fingerprint density at radius 1 is 1.50 bits per heavy atom. The molecule has 90 valence electrons. The van der Waals surface area contributed by atoms with Gasteiger partial charge in [0.05, 0.1) is 6.54 Å². The Kier molecular flexibility index (Phi) is 3.02. The van der Waals surface area contributed by atoms with Gasteiger partial charge in [-0.05, 0) is 12.8 Å². The third-order valence-corrected chi connectivity index (χ3v) is 2.90. The van der Waals surface area contributed by atoms with Crippen LogP contribution in [0.4, 0.5) is 18.3 Å². The highest BCUT2D eigenvalue weighted by Gasteiger charge is 2.38.